The van der Waals surface area contributed by atoms with Gasteiger partial charge in [-0.15, -0.1) is 11.6 Å². The minimum atomic E-state index is -0.0751. The van der Waals surface area contributed by atoms with Gasteiger partial charge in [-0.1, -0.05) is 49.5 Å². The minimum absolute atomic E-state index is 0.0751. The van der Waals surface area contributed by atoms with E-state index in [1.54, 1.807) is 0 Å². The molecule has 0 amide bonds. The molecule has 0 aliphatic rings. The van der Waals surface area contributed by atoms with Gasteiger partial charge in [0.2, 0.25) is 0 Å². The van der Waals surface area contributed by atoms with E-state index in [0.29, 0.717) is 10.3 Å². The van der Waals surface area contributed by atoms with Crippen LogP contribution in [0.1, 0.15) is 41.5 Å². The second kappa shape index (κ2) is 3.62. The Bertz CT molecular complexity index is 105. The summed E-state index contributed by atoms with van der Waals surface area (Å²) in [5.41, 5.74) is 0.822. The van der Waals surface area contributed by atoms with Crippen molar-refractivity contribution in [2.75, 3.05) is 5.62 Å². The van der Waals surface area contributed by atoms with Crippen molar-refractivity contribution in [1.29, 1.82) is 0 Å². The van der Waals surface area contributed by atoms with Crippen LogP contribution in [0.25, 0.3) is 0 Å². The van der Waals surface area contributed by atoms with Gasteiger partial charge in [0.05, 0.1) is 0 Å². The summed E-state index contributed by atoms with van der Waals surface area (Å²) in [6, 6.07) is 0. The van der Waals surface area contributed by atoms with Crippen molar-refractivity contribution in [3.05, 3.63) is 0 Å². The van der Waals surface area contributed by atoms with Crippen LogP contribution in [0.5, 0.6) is 0 Å². The van der Waals surface area contributed by atoms with Crippen molar-refractivity contribution in [1.82, 2.24) is 0 Å². The van der Waals surface area contributed by atoms with Crippen molar-refractivity contribution >= 4 is 19.5 Å². The summed E-state index contributed by atoms with van der Waals surface area (Å²) in [6.45, 7) is 13.7. The molecule has 0 nitrogen and oxygen atoms in total. The minimum Gasteiger partial charge on any atom is -0.122 e. The Morgan fingerprint density at radius 2 is 1.18 bits per heavy atom. The Kier molecular flexibility index (Phi) is 3.86. The first-order valence-corrected chi connectivity index (χ1v) is 6.09. The molecule has 0 aliphatic heterocycles. The van der Waals surface area contributed by atoms with Crippen LogP contribution in [0.4, 0.5) is 0 Å². The van der Waals surface area contributed by atoms with Crippen molar-refractivity contribution in [3.63, 3.8) is 0 Å². The van der Waals surface area contributed by atoms with Crippen LogP contribution in [0.2, 0.25) is 0 Å². The van der Waals surface area contributed by atoms with Crippen molar-refractivity contribution in [2.24, 2.45) is 0 Å². The first-order chi connectivity index (χ1) is 4.69. The number of alkyl halides is 1. The Balaban J connectivity index is 4.43. The van der Waals surface area contributed by atoms with Gasteiger partial charge in [0.1, 0.15) is 0 Å². The third-order valence-corrected chi connectivity index (χ3v) is 5.93. The third kappa shape index (κ3) is 3.76. The molecule has 0 aromatic rings. The lowest BCUT2D eigenvalue weighted by Gasteiger charge is -2.40. The first-order valence-electron chi connectivity index (χ1n) is 4.03. The smallest absolute Gasteiger partial charge is 0.0433 e. The fourth-order valence-corrected chi connectivity index (χ4v) is 6.25. The van der Waals surface area contributed by atoms with Gasteiger partial charge in [0.15, 0.2) is 0 Å². The van der Waals surface area contributed by atoms with Crippen LogP contribution in [-0.2, 0) is 0 Å². The molecule has 0 radical (unpaired) electrons. The summed E-state index contributed by atoms with van der Waals surface area (Å²) in [5, 5.41) is 0.769. The summed E-state index contributed by atoms with van der Waals surface area (Å²) in [4.78, 5) is 0. The molecule has 0 bridgehead atoms. The average Bonchev–Trinajstić information content (AvgIpc) is 1.56. The van der Waals surface area contributed by atoms with Crippen LogP contribution < -0.4 is 0 Å². The lowest BCUT2D eigenvalue weighted by molar-refractivity contribution is 0.709. The van der Waals surface area contributed by atoms with Gasteiger partial charge >= 0.3 is 0 Å². The van der Waals surface area contributed by atoms with E-state index in [0.717, 1.165) is 5.62 Å². The number of rotatable bonds is 1. The van der Waals surface area contributed by atoms with Gasteiger partial charge in [0.25, 0.3) is 0 Å². The van der Waals surface area contributed by atoms with Gasteiger partial charge in [0, 0.05) is 5.62 Å². The highest BCUT2D eigenvalue weighted by Gasteiger charge is 2.33. The van der Waals surface area contributed by atoms with Gasteiger partial charge in [-0.25, -0.2) is 0 Å². The first kappa shape index (κ1) is 11.7. The van der Waals surface area contributed by atoms with Crippen molar-refractivity contribution in [2.45, 2.75) is 51.9 Å². The second-order valence-corrected chi connectivity index (χ2v) is 9.38. The summed E-state index contributed by atoms with van der Waals surface area (Å²) in [7, 11) is -0.0751. The van der Waals surface area contributed by atoms with Crippen molar-refractivity contribution < 1.29 is 0 Å². The largest absolute Gasteiger partial charge is 0.122 e. The zero-order valence-electron chi connectivity index (χ0n) is 8.53. The lowest BCUT2D eigenvalue weighted by atomic mass is 10.2. The van der Waals surface area contributed by atoms with Crippen LogP contribution in [0.15, 0.2) is 0 Å². The molecule has 68 valence electrons. The van der Waals surface area contributed by atoms with E-state index in [-0.39, 0.29) is 7.92 Å². The second-order valence-electron chi connectivity index (χ2n) is 4.89. The van der Waals surface area contributed by atoms with E-state index < -0.39 is 0 Å². The fourth-order valence-electron chi connectivity index (χ4n) is 1.36. The summed E-state index contributed by atoms with van der Waals surface area (Å²) in [5.74, 6) is 0. The van der Waals surface area contributed by atoms with Crippen LogP contribution in [0, 0.1) is 0 Å². The normalized spacial score (nSPS) is 14.2. The van der Waals surface area contributed by atoms with Crippen LogP contribution >= 0.6 is 19.5 Å². The highest BCUT2D eigenvalue weighted by atomic mass is 35.5. The zero-order chi connectivity index (χ0) is 9.28. The highest BCUT2D eigenvalue weighted by molar-refractivity contribution is 7.62. The molecular weight excluding hydrogens is 175 g/mol. The molecule has 0 unspecified atom stereocenters. The molecular formula is C9H20ClP. The molecule has 0 saturated heterocycles. The molecule has 0 rings (SSSR count). The van der Waals surface area contributed by atoms with E-state index in [2.05, 4.69) is 41.5 Å². The van der Waals surface area contributed by atoms with Crippen molar-refractivity contribution in [3.8, 4) is 0 Å². The summed E-state index contributed by atoms with van der Waals surface area (Å²) < 4.78 is 0. The molecule has 0 fully saturated rings. The molecule has 0 heterocycles. The predicted molar refractivity (Wildman–Crippen MR) is 57.1 cm³/mol. The monoisotopic (exact) mass is 194 g/mol. The molecule has 0 atom stereocenters. The van der Waals surface area contributed by atoms with E-state index in [1.165, 1.54) is 0 Å². The maximum absolute atomic E-state index is 5.97. The molecule has 0 aromatic carbocycles. The van der Waals surface area contributed by atoms with E-state index in [9.17, 15) is 0 Å². The average molecular weight is 195 g/mol. The number of hydrogen-bond donors (Lipinski definition) is 0. The van der Waals surface area contributed by atoms with Gasteiger partial charge < -0.3 is 0 Å². The SMILES string of the molecule is CC(C)(C)P(CCl)C(C)(C)C. The standard InChI is InChI=1S/C9H20ClP/c1-8(2,3)11(7-10)9(4,5)6/h7H2,1-6H3. The molecule has 0 N–H and O–H groups in total. The highest BCUT2D eigenvalue weighted by Crippen LogP contribution is 2.59. The molecule has 2 heteroatoms. The van der Waals surface area contributed by atoms with Crippen LogP contribution in [0.3, 0.4) is 0 Å². The maximum Gasteiger partial charge on any atom is 0.0433 e. The molecule has 0 saturated carbocycles. The van der Waals surface area contributed by atoms with Crippen LogP contribution in [-0.4, -0.2) is 15.9 Å². The number of halogens is 1. The predicted octanol–water partition coefficient (Wildman–Crippen LogP) is 4.26. The molecule has 11 heavy (non-hydrogen) atoms. The molecule has 0 spiro atoms. The molecule has 0 aliphatic carbocycles. The van der Waals surface area contributed by atoms with E-state index in [1.807, 2.05) is 0 Å². The quantitative estimate of drug-likeness (QED) is 0.432. The zero-order valence-corrected chi connectivity index (χ0v) is 10.2. The van der Waals surface area contributed by atoms with Gasteiger partial charge in [-0.3, -0.25) is 0 Å². The number of hydrogen-bond acceptors (Lipinski definition) is 0. The van der Waals surface area contributed by atoms with Gasteiger partial charge in [-0.2, -0.15) is 0 Å². The third-order valence-electron chi connectivity index (χ3n) is 1.74. The van der Waals surface area contributed by atoms with E-state index in [4.69, 9.17) is 11.6 Å². The Hall–Kier alpha value is 0.720. The maximum atomic E-state index is 5.97. The lowest BCUT2D eigenvalue weighted by Crippen LogP contribution is -2.25. The Morgan fingerprint density at radius 1 is 0.909 bits per heavy atom. The summed E-state index contributed by atoms with van der Waals surface area (Å²) >= 11 is 5.97. The summed E-state index contributed by atoms with van der Waals surface area (Å²) in [6.07, 6.45) is 0. The topological polar surface area (TPSA) is 0 Å². The fraction of sp³-hybridized carbons (Fsp3) is 1.00. The van der Waals surface area contributed by atoms with E-state index >= 15 is 0 Å². The Morgan fingerprint density at radius 3 is 1.18 bits per heavy atom. The molecule has 0 aromatic heterocycles. The van der Waals surface area contributed by atoms with Gasteiger partial charge in [-0.05, 0) is 10.3 Å². The Labute approximate surface area is 77.5 Å².